The molecular weight excluding hydrogens is 164 g/mol. The first-order valence-corrected chi connectivity index (χ1v) is 5.05. The van der Waals surface area contributed by atoms with Crippen LogP contribution >= 0.6 is 0 Å². The molecule has 1 N–H and O–H groups in total. The summed E-state index contributed by atoms with van der Waals surface area (Å²) in [5.74, 6) is -0.603. The molecular formula is C11H18O2. The van der Waals surface area contributed by atoms with Gasteiger partial charge in [-0.25, -0.2) is 0 Å². The quantitative estimate of drug-likeness (QED) is 0.678. The van der Waals surface area contributed by atoms with Crippen LogP contribution < -0.4 is 0 Å². The molecule has 0 atom stereocenters. The van der Waals surface area contributed by atoms with Crippen molar-refractivity contribution < 1.29 is 9.90 Å². The van der Waals surface area contributed by atoms with Gasteiger partial charge in [0.15, 0.2) is 0 Å². The highest BCUT2D eigenvalue weighted by atomic mass is 16.4. The molecule has 0 spiro atoms. The molecule has 1 saturated carbocycles. The molecule has 0 saturated heterocycles. The molecule has 2 nitrogen and oxygen atoms in total. The summed E-state index contributed by atoms with van der Waals surface area (Å²) in [6, 6.07) is 0. The molecule has 0 bridgehead atoms. The topological polar surface area (TPSA) is 37.3 Å². The van der Waals surface area contributed by atoms with E-state index in [1.807, 2.05) is 6.08 Å². The van der Waals surface area contributed by atoms with Crippen LogP contribution in [0.3, 0.4) is 0 Å². The monoisotopic (exact) mass is 182 g/mol. The Labute approximate surface area is 79.6 Å². The zero-order valence-corrected chi connectivity index (χ0v) is 8.09. The van der Waals surface area contributed by atoms with Crippen molar-refractivity contribution in [1.29, 1.82) is 0 Å². The summed E-state index contributed by atoms with van der Waals surface area (Å²) in [6.07, 6.45) is 8.47. The highest BCUT2D eigenvalue weighted by Crippen LogP contribution is 2.40. The maximum absolute atomic E-state index is 11.1. The minimum atomic E-state index is -0.603. The zero-order chi connectivity index (χ0) is 9.73. The van der Waals surface area contributed by atoms with Gasteiger partial charge in [0.05, 0.1) is 5.41 Å². The lowest BCUT2D eigenvalue weighted by Crippen LogP contribution is -2.33. The first-order valence-electron chi connectivity index (χ1n) is 5.05. The van der Waals surface area contributed by atoms with Crippen molar-refractivity contribution in [3.63, 3.8) is 0 Å². The molecule has 0 aromatic heterocycles. The number of aliphatic carboxylic acids is 1. The van der Waals surface area contributed by atoms with Gasteiger partial charge in [-0.15, -0.1) is 6.58 Å². The Balaban J connectivity index is 2.61. The molecule has 13 heavy (non-hydrogen) atoms. The second-order valence-corrected chi connectivity index (χ2v) is 3.97. The average molecular weight is 182 g/mol. The van der Waals surface area contributed by atoms with Gasteiger partial charge in [0.1, 0.15) is 0 Å². The maximum atomic E-state index is 11.1. The third-order valence-corrected chi connectivity index (χ3v) is 3.09. The highest BCUT2D eigenvalue weighted by molar-refractivity contribution is 5.74. The predicted molar refractivity (Wildman–Crippen MR) is 52.6 cm³/mol. The van der Waals surface area contributed by atoms with Gasteiger partial charge in [0.25, 0.3) is 0 Å². The van der Waals surface area contributed by atoms with Crippen molar-refractivity contribution in [2.75, 3.05) is 0 Å². The van der Waals surface area contributed by atoms with E-state index < -0.39 is 11.4 Å². The minimum absolute atomic E-state index is 0.424. The van der Waals surface area contributed by atoms with Crippen LogP contribution in [0.4, 0.5) is 0 Å². The molecule has 0 aromatic rings. The van der Waals surface area contributed by atoms with E-state index in [-0.39, 0.29) is 0 Å². The van der Waals surface area contributed by atoms with Gasteiger partial charge in [0.2, 0.25) is 0 Å². The Morgan fingerprint density at radius 1 is 1.38 bits per heavy atom. The minimum Gasteiger partial charge on any atom is -0.481 e. The summed E-state index contributed by atoms with van der Waals surface area (Å²) in [4.78, 5) is 11.1. The Morgan fingerprint density at radius 2 is 2.00 bits per heavy atom. The van der Waals surface area contributed by atoms with Gasteiger partial charge >= 0.3 is 5.97 Å². The van der Waals surface area contributed by atoms with E-state index in [9.17, 15) is 9.90 Å². The number of carboxylic acid groups (broad SMARTS) is 1. The normalized spacial score (nSPS) is 20.9. The molecule has 0 unspecified atom stereocenters. The number of rotatable bonds is 4. The van der Waals surface area contributed by atoms with E-state index in [0.29, 0.717) is 0 Å². The van der Waals surface area contributed by atoms with E-state index in [1.54, 1.807) is 0 Å². The molecule has 0 aromatic carbocycles. The lowest BCUT2D eigenvalue weighted by Gasteiger charge is -2.32. The van der Waals surface area contributed by atoms with E-state index >= 15 is 0 Å². The SMILES string of the molecule is C=CCCC1(C(=O)O)CCCCC1. The third-order valence-electron chi connectivity index (χ3n) is 3.09. The summed E-state index contributed by atoms with van der Waals surface area (Å²) in [5.41, 5.74) is -0.424. The highest BCUT2D eigenvalue weighted by Gasteiger charge is 2.38. The number of allylic oxidation sites excluding steroid dienone is 1. The Hall–Kier alpha value is -0.790. The van der Waals surface area contributed by atoms with Gasteiger partial charge in [-0.2, -0.15) is 0 Å². The fourth-order valence-corrected chi connectivity index (χ4v) is 2.18. The van der Waals surface area contributed by atoms with Crippen molar-refractivity contribution in [3.05, 3.63) is 12.7 Å². The van der Waals surface area contributed by atoms with Crippen molar-refractivity contribution in [2.45, 2.75) is 44.9 Å². The van der Waals surface area contributed by atoms with Crippen molar-refractivity contribution in [3.8, 4) is 0 Å². The number of hydrogen-bond donors (Lipinski definition) is 1. The van der Waals surface area contributed by atoms with Crippen LogP contribution in [0.25, 0.3) is 0 Å². The fourth-order valence-electron chi connectivity index (χ4n) is 2.18. The summed E-state index contributed by atoms with van der Waals surface area (Å²) in [6.45, 7) is 3.64. The third kappa shape index (κ3) is 2.33. The first-order chi connectivity index (χ1) is 6.21. The first kappa shape index (κ1) is 10.3. The molecule has 1 aliphatic carbocycles. The Bertz CT molecular complexity index is 190. The van der Waals surface area contributed by atoms with Crippen LogP contribution in [0.15, 0.2) is 12.7 Å². The Kier molecular flexibility index (Phi) is 3.52. The van der Waals surface area contributed by atoms with E-state index in [2.05, 4.69) is 6.58 Å². The lowest BCUT2D eigenvalue weighted by atomic mass is 9.71. The molecule has 0 heterocycles. The fraction of sp³-hybridized carbons (Fsp3) is 0.727. The molecule has 1 rings (SSSR count). The van der Waals surface area contributed by atoms with Crippen LogP contribution in [0.1, 0.15) is 44.9 Å². The molecule has 2 heteroatoms. The second kappa shape index (κ2) is 4.45. The van der Waals surface area contributed by atoms with Crippen LogP contribution in [-0.4, -0.2) is 11.1 Å². The van der Waals surface area contributed by atoms with Crippen molar-refractivity contribution in [1.82, 2.24) is 0 Å². The van der Waals surface area contributed by atoms with Crippen LogP contribution in [0.2, 0.25) is 0 Å². The molecule has 0 amide bonds. The van der Waals surface area contributed by atoms with Gasteiger partial charge in [-0.1, -0.05) is 25.3 Å². The molecule has 0 radical (unpaired) electrons. The van der Waals surface area contributed by atoms with Gasteiger partial charge in [-0.05, 0) is 25.7 Å². The van der Waals surface area contributed by atoms with Crippen LogP contribution in [0, 0.1) is 5.41 Å². The van der Waals surface area contributed by atoms with Gasteiger partial charge < -0.3 is 5.11 Å². The molecule has 1 aliphatic rings. The second-order valence-electron chi connectivity index (χ2n) is 3.97. The predicted octanol–water partition coefficient (Wildman–Crippen LogP) is 2.99. The average Bonchev–Trinajstić information content (AvgIpc) is 2.16. The summed E-state index contributed by atoms with van der Waals surface area (Å²) < 4.78 is 0. The van der Waals surface area contributed by atoms with E-state index in [4.69, 9.17) is 0 Å². The molecule has 74 valence electrons. The van der Waals surface area contributed by atoms with E-state index in [0.717, 1.165) is 38.5 Å². The van der Waals surface area contributed by atoms with Crippen molar-refractivity contribution in [2.24, 2.45) is 5.41 Å². The summed E-state index contributed by atoms with van der Waals surface area (Å²) in [5, 5.41) is 9.18. The summed E-state index contributed by atoms with van der Waals surface area (Å²) in [7, 11) is 0. The number of carboxylic acids is 1. The molecule has 0 aliphatic heterocycles. The van der Waals surface area contributed by atoms with Gasteiger partial charge in [0, 0.05) is 0 Å². The Morgan fingerprint density at radius 3 is 2.46 bits per heavy atom. The van der Waals surface area contributed by atoms with Crippen molar-refractivity contribution >= 4 is 5.97 Å². The van der Waals surface area contributed by atoms with E-state index in [1.165, 1.54) is 6.42 Å². The standard InChI is InChI=1S/C11H18O2/c1-2-3-7-11(10(12)13)8-5-4-6-9-11/h2H,1,3-9H2,(H,12,13). The number of hydrogen-bond acceptors (Lipinski definition) is 1. The maximum Gasteiger partial charge on any atom is 0.309 e. The zero-order valence-electron chi connectivity index (χ0n) is 8.09. The van der Waals surface area contributed by atoms with Crippen LogP contribution in [0.5, 0.6) is 0 Å². The lowest BCUT2D eigenvalue weighted by molar-refractivity contribution is -0.151. The number of carbonyl (C=O) groups is 1. The molecule has 1 fully saturated rings. The largest absolute Gasteiger partial charge is 0.481 e. The van der Waals surface area contributed by atoms with Crippen LogP contribution in [-0.2, 0) is 4.79 Å². The van der Waals surface area contributed by atoms with Gasteiger partial charge in [-0.3, -0.25) is 4.79 Å². The smallest absolute Gasteiger partial charge is 0.309 e. The summed E-state index contributed by atoms with van der Waals surface area (Å²) >= 11 is 0.